The van der Waals surface area contributed by atoms with Gasteiger partial charge in [-0.25, -0.2) is 12.8 Å². The molecule has 10 heteroatoms. The van der Waals surface area contributed by atoms with Crippen LogP contribution in [0.15, 0.2) is 48.5 Å². The number of halogens is 1. The maximum Gasteiger partial charge on any atom is 0.247 e. The standard InChI is InChI=1S/C23H28FN3O5S/c1-4-33(30,31)26-15-21(28)27(14-18-7-11-20(32-3)12-8-18)23(2,16-26)22(29)25-13-17-5-9-19(24)10-6-17/h5-12H,4,13-16H2,1-3H3,(H,25,29)/t23-/m0/s1. The van der Waals surface area contributed by atoms with Crippen molar-refractivity contribution < 1.29 is 27.1 Å². The van der Waals surface area contributed by atoms with E-state index in [9.17, 15) is 22.4 Å². The summed E-state index contributed by atoms with van der Waals surface area (Å²) in [4.78, 5) is 27.9. The number of methoxy groups -OCH3 is 1. The third kappa shape index (κ3) is 5.51. The maximum atomic E-state index is 13.3. The van der Waals surface area contributed by atoms with Crippen molar-refractivity contribution >= 4 is 21.8 Å². The van der Waals surface area contributed by atoms with E-state index in [1.165, 1.54) is 24.0 Å². The Morgan fingerprint density at radius 1 is 1.12 bits per heavy atom. The van der Waals surface area contributed by atoms with E-state index in [4.69, 9.17) is 4.74 Å². The summed E-state index contributed by atoms with van der Waals surface area (Å²) in [6, 6.07) is 12.8. The Bertz CT molecular complexity index is 1110. The van der Waals surface area contributed by atoms with E-state index in [-0.39, 0.29) is 37.7 Å². The van der Waals surface area contributed by atoms with Crippen LogP contribution in [0.5, 0.6) is 5.75 Å². The lowest BCUT2D eigenvalue weighted by Gasteiger charge is -2.46. The third-order valence-corrected chi connectivity index (χ3v) is 7.58. The molecular weight excluding hydrogens is 449 g/mol. The molecule has 178 valence electrons. The number of hydrogen-bond donors (Lipinski definition) is 1. The molecule has 2 aromatic rings. The normalized spacial score (nSPS) is 19.4. The Kier molecular flexibility index (Phi) is 7.38. The van der Waals surface area contributed by atoms with Gasteiger partial charge in [0.05, 0.1) is 19.4 Å². The van der Waals surface area contributed by atoms with Gasteiger partial charge in [0, 0.05) is 19.6 Å². The zero-order valence-electron chi connectivity index (χ0n) is 18.9. The molecule has 0 radical (unpaired) electrons. The molecule has 0 bridgehead atoms. The average Bonchev–Trinajstić information content (AvgIpc) is 2.81. The van der Waals surface area contributed by atoms with Crippen LogP contribution in [0.2, 0.25) is 0 Å². The highest BCUT2D eigenvalue weighted by molar-refractivity contribution is 7.89. The van der Waals surface area contributed by atoms with Crippen molar-refractivity contribution in [1.82, 2.24) is 14.5 Å². The van der Waals surface area contributed by atoms with Crippen LogP contribution >= 0.6 is 0 Å². The second kappa shape index (κ2) is 9.88. The van der Waals surface area contributed by atoms with Gasteiger partial charge in [-0.1, -0.05) is 24.3 Å². The van der Waals surface area contributed by atoms with E-state index in [0.29, 0.717) is 11.3 Å². The van der Waals surface area contributed by atoms with Gasteiger partial charge in [-0.3, -0.25) is 9.59 Å². The number of ether oxygens (including phenoxy) is 1. The van der Waals surface area contributed by atoms with E-state index in [1.807, 2.05) is 0 Å². The largest absolute Gasteiger partial charge is 0.497 e. The minimum Gasteiger partial charge on any atom is -0.497 e. The van der Waals surface area contributed by atoms with Crippen LogP contribution in [0.4, 0.5) is 4.39 Å². The summed E-state index contributed by atoms with van der Waals surface area (Å²) in [7, 11) is -2.14. The number of sulfonamides is 1. The fraction of sp³-hybridized carbons (Fsp3) is 0.391. The number of carbonyl (C=O) groups is 2. The monoisotopic (exact) mass is 477 g/mol. The molecule has 8 nitrogen and oxygen atoms in total. The van der Waals surface area contributed by atoms with E-state index < -0.39 is 27.4 Å². The van der Waals surface area contributed by atoms with Crippen LogP contribution < -0.4 is 10.1 Å². The fourth-order valence-electron chi connectivity index (χ4n) is 3.72. The van der Waals surface area contributed by atoms with Gasteiger partial charge in [0.25, 0.3) is 0 Å². The van der Waals surface area contributed by atoms with Crippen LogP contribution in [0.25, 0.3) is 0 Å². The summed E-state index contributed by atoms with van der Waals surface area (Å²) in [6.07, 6.45) is 0. The van der Waals surface area contributed by atoms with E-state index in [2.05, 4.69) is 5.32 Å². The summed E-state index contributed by atoms with van der Waals surface area (Å²) in [6.45, 7) is 2.80. The van der Waals surface area contributed by atoms with Crippen molar-refractivity contribution in [3.63, 3.8) is 0 Å². The molecule has 1 saturated heterocycles. The van der Waals surface area contributed by atoms with Gasteiger partial charge in [0.1, 0.15) is 17.1 Å². The topological polar surface area (TPSA) is 96.0 Å². The van der Waals surface area contributed by atoms with Crippen molar-refractivity contribution in [2.75, 3.05) is 26.0 Å². The van der Waals surface area contributed by atoms with Gasteiger partial charge in [0.2, 0.25) is 21.8 Å². The quantitative estimate of drug-likeness (QED) is 0.627. The summed E-state index contributed by atoms with van der Waals surface area (Å²) in [5.41, 5.74) is 0.00101. The molecule has 0 unspecified atom stereocenters. The number of nitrogens with zero attached hydrogens (tertiary/aromatic N) is 2. The van der Waals surface area contributed by atoms with Crippen LogP contribution in [-0.2, 0) is 32.7 Å². The van der Waals surface area contributed by atoms with Gasteiger partial charge < -0.3 is 15.0 Å². The summed E-state index contributed by atoms with van der Waals surface area (Å²) in [5.74, 6) is -0.866. The number of piperazine rings is 1. The number of hydrogen-bond acceptors (Lipinski definition) is 5. The Hall–Kier alpha value is -2.98. The molecular formula is C23H28FN3O5S. The second-order valence-electron chi connectivity index (χ2n) is 8.08. The van der Waals surface area contributed by atoms with Crippen LogP contribution in [-0.4, -0.2) is 60.9 Å². The fourth-order valence-corrected chi connectivity index (χ4v) is 4.84. The van der Waals surface area contributed by atoms with Crippen LogP contribution in [0.1, 0.15) is 25.0 Å². The Balaban J connectivity index is 1.88. The predicted octanol–water partition coefficient (Wildman–Crippen LogP) is 1.90. The van der Waals surface area contributed by atoms with Gasteiger partial charge in [0.15, 0.2) is 0 Å². The first kappa shape index (κ1) is 24.7. The molecule has 0 aliphatic carbocycles. The molecule has 1 fully saturated rings. The van der Waals surface area contributed by atoms with Crippen molar-refractivity contribution in [3.05, 3.63) is 65.5 Å². The first-order valence-electron chi connectivity index (χ1n) is 10.5. The SMILES string of the molecule is CCS(=O)(=O)N1CC(=O)N(Cc2ccc(OC)cc2)[C@](C)(C(=O)NCc2ccc(F)cc2)C1. The lowest BCUT2D eigenvalue weighted by Crippen LogP contribution is -2.69. The van der Waals surface area contributed by atoms with Crippen molar-refractivity contribution in [2.45, 2.75) is 32.5 Å². The van der Waals surface area contributed by atoms with Crippen LogP contribution in [0.3, 0.4) is 0 Å². The highest BCUT2D eigenvalue weighted by Crippen LogP contribution is 2.28. The third-order valence-electron chi connectivity index (χ3n) is 5.81. The van der Waals surface area contributed by atoms with E-state index >= 15 is 0 Å². The number of benzene rings is 2. The van der Waals surface area contributed by atoms with E-state index in [0.717, 1.165) is 9.87 Å². The Labute approximate surface area is 193 Å². The highest BCUT2D eigenvalue weighted by atomic mass is 32.2. The second-order valence-corrected chi connectivity index (χ2v) is 10.3. The first-order chi connectivity index (χ1) is 15.6. The smallest absolute Gasteiger partial charge is 0.247 e. The number of amides is 2. The predicted molar refractivity (Wildman–Crippen MR) is 121 cm³/mol. The number of rotatable bonds is 8. The zero-order chi connectivity index (χ0) is 24.2. The van der Waals surface area contributed by atoms with Gasteiger partial charge in [-0.15, -0.1) is 0 Å². The molecule has 1 heterocycles. The van der Waals surface area contributed by atoms with Gasteiger partial charge >= 0.3 is 0 Å². The molecule has 2 aromatic carbocycles. The number of carbonyl (C=O) groups excluding carboxylic acids is 2. The van der Waals surface area contributed by atoms with Crippen molar-refractivity contribution in [2.24, 2.45) is 0 Å². The Morgan fingerprint density at radius 3 is 2.30 bits per heavy atom. The highest BCUT2D eigenvalue weighted by Gasteiger charge is 2.49. The Morgan fingerprint density at radius 2 is 1.73 bits per heavy atom. The van der Waals surface area contributed by atoms with E-state index in [1.54, 1.807) is 50.4 Å². The molecule has 2 amide bonds. The average molecular weight is 478 g/mol. The molecule has 33 heavy (non-hydrogen) atoms. The minimum atomic E-state index is -3.69. The summed E-state index contributed by atoms with van der Waals surface area (Å²) < 4.78 is 44.5. The molecule has 0 saturated carbocycles. The molecule has 0 spiro atoms. The molecule has 1 aliphatic heterocycles. The molecule has 1 N–H and O–H groups in total. The van der Waals surface area contributed by atoms with Gasteiger partial charge in [-0.05, 0) is 49.2 Å². The maximum absolute atomic E-state index is 13.3. The number of nitrogens with one attached hydrogen (secondary N) is 1. The molecule has 3 rings (SSSR count). The first-order valence-corrected chi connectivity index (χ1v) is 12.1. The summed E-state index contributed by atoms with van der Waals surface area (Å²) in [5, 5.41) is 2.78. The van der Waals surface area contributed by atoms with Crippen molar-refractivity contribution in [3.8, 4) is 5.75 Å². The molecule has 1 atom stereocenters. The van der Waals surface area contributed by atoms with Crippen LogP contribution in [0, 0.1) is 5.82 Å². The minimum absolute atomic E-state index is 0.111. The summed E-state index contributed by atoms with van der Waals surface area (Å²) >= 11 is 0. The van der Waals surface area contributed by atoms with Crippen molar-refractivity contribution in [1.29, 1.82) is 0 Å². The zero-order valence-corrected chi connectivity index (χ0v) is 19.7. The molecule has 1 aliphatic rings. The lowest BCUT2D eigenvalue weighted by atomic mass is 9.94. The lowest BCUT2D eigenvalue weighted by molar-refractivity contribution is -0.153. The van der Waals surface area contributed by atoms with Gasteiger partial charge in [-0.2, -0.15) is 4.31 Å². The molecule has 0 aromatic heterocycles.